The summed E-state index contributed by atoms with van der Waals surface area (Å²) >= 11 is 5.10. The lowest BCUT2D eigenvalue weighted by Crippen LogP contribution is -2.34. The van der Waals surface area contributed by atoms with E-state index in [1.165, 1.54) is 7.11 Å². The number of nitrogens with one attached hydrogen (secondary N) is 3. The maximum atomic E-state index is 11.9. The normalized spacial score (nSPS) is 10.0. The van der Waals surface area contributed by atoms with Gasteiger partial charge in [0.25, 0.3) is 0 Å². The number of anilines is 2. The van der Waals surface area contributed by atoms with Crippen LogP contribution in [0.5, 0.6) is 0 Å². The molecule has 0 saturated carbocycles. The molecule has 0 aromatic heterocycles. The van der Waals surface area contributed by atoms with Crippen LogP contribution in [0.1, 0.15) is 31.7 Å². The van der Waals surface area contributed by atoms with E-state index in [9.17, 15) is 14.4 Å². The number of hydrogen-bond acceptors (Lipinski definition) is 6. The minimum Gasteiger partial charge on any atom is -0.463 e. The number of ether oxygens (including phenoxy) is 2. The van der Waals surface area contributed by atoms with E-state index in [4.69, 9.17) is 21.7 Å². The van der Waals surface area contributed by atoms with Crippen LogP contribution in [0.4, 0.5) is 11.4 Å². The van der Waals surface area contributed by atoms with Gasteiger partial charge in [-0.2, -0.15) is 0 Å². The average molecular weight is 395 g/mol. The molecule has 0 aliphatic carbocycles. The van der Waals surface area contributed by atoms with Crippen LogP contribution in [0, 0.1) is 6.92 Å². The Bertz CT molecular complexity index is 694. The molecule has 0 heterocycles. The van der Waals surface area contributed by atoms with E-state index in [1.54, 1.807) is 19.1 Å². The summed E-state index contributed by atoms with van der Waals surface area (Å²) in [5, 5.41) is 8.27. The van der Waals surface area contributed by atoms with Gasteiger partial charge in [-0.1, -0.05) is 13.0 Å². The fourth-order valence-electron chi connectivity index (χ4n) is 1.95. The molecule has 1 aromatic rings. The molecule has 0 fully saturated rings. The molecule has 2 amide bonds. The first-order valence-electron chi connectivity index (χ1n) is 8.51. The molecular weight excluding hydrogens is 370 g/mol. The van der Waals surface area contributed by atoms with Crippen LogP contribution >= 0.6 is 12.2 Å². The van der Waals surface area contributed by atoms with Gasteiger partial charge in [0.15, 0.2) is 5.11 Å². The summed E-state index contributed by atoms with van der Waals surface area (Å²) in [5.74, 6) is -0.970. The van der Waals surface area contributed by atoms with E-state index >= 15 is 0 Å². The number of thiocarbonyl (C=S) groups is 1. The fraction of sp³-hybridized carbons (Fsp3) is 0.444. The molecule has 1 rings (SSSR count). The van der Waals surface area contributed by atoms with Crippen LogP contribution in [0.2, 0.25) is 0 Å². The van der Waals surface area contributed by atoms with Crippen molar-refractivity contribution in [3.05, 3.63) is 23.8 Å². The summed E-state index contributed by atoms with van der Waals surface area (Å²) in [4.78, 5) is 34.9. The number of benzene rings is 1. The zero-order valence-electron chi connectivity index (χ0n) is 15.7. The number of aryl methyl sites for hydroxylation is 1. The summed E-state index contributed by atoms with van der Waals surface area (Å²) in [6, 6.07) is 5.34. The summed E-state index contributed by atoms with van der Waals surface area (Å²) in [7, 11) is 1.50. The Kier molecular flexibility index (Phi) is 9.99. The average Bonchev–Trinajstić information content (AvgIpc) is 2.62. The Morgan fingerprint density at radius 3 is 2.48 bits per heavy atom. The lowest BCUT2D eigenvalue weighted by atomic mass is 10.1. The maximum Gasteiger partial charge on any atom is 0.306 e. The van der Waals surface area contributed by atoms with Gasteiger partial charge in [0.05, 0.1) is 13.0 Å². The molecule has 148 valence electrons. The topological polar surface area (TPSA) is 106 Å². The Labute approximate surface area is 164 Å². The van der Waals surface area contributed by atoms with Crippen LogP contribution in [-0.4, -0.2) is 43.2 Å². The smallest absolute Gasteiger partial charge is 0.306 e. The Morgan fingerprint density at radius 2 is 1.81 bits per heavy atom. The van der Waals surface area contributed by atoms with Gasteiger partial charge in [-0.25, -0.2) is 0 Å². The molecule has 0 unspecified atom stereocenters. The van der Waals surface area contributed by atoms with Gasteiger partial charge in [-0.15, -0.1) is 0 Å². The highest BCUT2D eigenvalue weighted by Gasteiger charge is 2.10. The lowest BCUT2D eigenvalue weighted by molar-refractivity contribution is -0.146. The molecule has 0 radical (unpaired) electrons. The molecular formula is C18H25N3O5S. The predicted octanol–water partition coefficient (Wildman–Crippen LogP) is 2.13. The molecule has 0 atom stereocenters. The molecule has 9 heteroatoms. The molecule has 0 aliphatic rings. The Hall–Kier alpha value is -2.52. The number of esters is 1. The van der Waals surface area contributed by atoms with E-state index in [-0.39, 0.29) is 30.5 Å². The van der Waals surface area contributed by atoms with Crippen molar-refractivity contribution in [2.45, 2.75) is 33.1 Å². The SMILES string of the molecule is CCC(=O)Nc1cc(NC(=S)NC(=O)CCC(=O)OCCOC)ccc1C. The van der Waals surface area contributed by atoms with E-state index in [0.29, 0.717) is 24.4 Å². The summed E-state index contributed by atoms with van der Waals surface area (Å²) < 4.78 is 9.64. The largest absolute Gasteiger partial charge is 0.463 e. The van der Waals surface area contributed by atoms with Crippen LogP contribution in [0.3, 0.4) is 0 Å². The van der Waals surface area contributed by atoms with Crippen molar-refractivity contribution < 1.29 is 23.9 Å². The van der Waals surface area contributed by atoms with Crippen molar-refractivity contribution in [3.63, 3.8) is 0 Å². The molecule has 1 aromatic carbocycles. The van der Waals surface area contributed by atoms with Crippen molar-refractivity contribution in [2.75, 3.05) is 31.0 Å². The van der Waals surface area contributed by atoms with Gasteiger partial charge in [0.1, 0.15) is 6.61 Å². The monoisotopic (exact) mass is 395 g/mol. The summed E-state index contributed by atoms with van der Waals surface area (Å²) in [5.41, 5.74) is 2.19. The number of amides is 2. The van der Waals surface area contributed by atoms with Gasteiger partial charge in [-0.3, -0.25) is 14.4 Å². The second-order valence-corrected chi connectivity index (χ2v) is 6.06. The minimum absolute atomic E-state index is 0.0423. The number of hydrogen-bond donors (Lipinski definition) is 3. The van der Waals surface area contributed by atoms with E-state index in [0.717, 1.165) is 5.56 Å². The number of rotatable bonds is 9. The first-order chi connectivity index (χ1) is 12.8. The van der Waals surface area contributed by atoms with Crippen molar-refractivity contribution in [1.29, 1.82) is 0 Å². The maximum absolute atomic E-state index is 11.9. The highest BCUT2D eigenvalue weighted by molar-refractivity contribution is 7.80. The molecule has 27 heavy (non-hydrogen) atoms. The lowest BCUT2D eigenvalue weighted by Gasteiger charge is -2.13. The van der Waals surface area contributed by atoms with Crippen LogP contribution in [0.15, 0.2) is 18.2 Å². The third-order valence-corrected chi connectivity index (χ3v) is 3.65. The van der Waals surface area contributed by atoms with E-state index in [2.05, 4.69) is 16.0 Å². The zero-order valence-corrected chi connectivity index (χ0v) is 16.5. The standard InChI is InChI=1S/C18H25N3O5S/c1-4-15(22)20-14-11-13(6-5-12(14)2)19-18(27)21-16(23)7-8-17(24)26-10-9-25-3/h5-6,11H,4,7-10H2,1-3H3,(H,20,22)(H2,19,21,23,27). The summed E-state index contributed by atoms with van der Waals surface area (Å²) in [6.07, 6.45) is 0.286. The molecule has 0 spiro atoms. The van der Waals surface area contributed by atoms with Crippen molar-refractivity contribution in [1.82, 2.24) is 5.32 Å². The molecule has 3 N–H and O–H groups in total. The summed E-state index contributed by atoms with van der Waals surface area (Å²) in [6.45, 7) is 4.11. The predicted molar refractivity (Wildman–Crippen MR) is 107 cm³/mol. The van der Waals surface area contributed by atoms with Gasteiger partial charge >= 0.3 is 5.97 Å². The molecule has 0 bridgehead atoms. The first kappa shape index (κ1) is 22.5. The number of methoxy groups -OCH3 is 1. The van der Waals surface area contributed by atoms with Gasteiger partial charge < -0.3 is 25.4 Å². The number of carbonyl (C=O) groups is 3. The minimum atomic E-state index is -0.476. The van der Waals surface area contributed by atoms with Gasteiger partial charge in [0, 0.05) is 31.3 Å². The quantitative estimate of drug-likeness (QED) is 0.334. The van der Waals surface area contributed by atoms with Gasteiger partial charge in [-0.05, 0) is 36.8 Å². The molecule has 0 aliphatic heterocycles. The Balaban J connectivity index is 2.47. The third-order valence-electron chi connectivity index (χ3n) is 3.45. The number of carbonyl (C=O) groups excluding carboxylic acids is 3. The second-order valence-electron chi connectivity index (χ2n) is 5.65. The first-order valence-corrected chi connectivity index (χ1v) is 8.92. The zero-order chi connectivity index (χ0) is 20.2. The van der Waals surface area contributed by atoms with Crippen molar-refractivity contribution >= 4 is 46.5 Å². The van der Waals surface area contributed by atoms with E-state index in [1.807, 2.05) is 13.0 Å². The molecule has 0 saturated heterocycles. The van der Waals surface area contributed by atoms with Gasteiger partial charge in [0.2, 0.25) is 11.8 Å². The van der Waals surface area contributed by atoms with Crippen LogP contribution in [-0.2, 0) is 23.9 Å². The van der Waals surface area contributed by atoms with Crippen molar-refractivity contribution in [2.24, 2.45) is 0 Å². The third kappa shape index (κ3) is 9.11. The second kappa shape index (κ2) is 12.0. The van der Waals surface area contributed by atoms with E-state index < -0.39 is 11.9 Å². The van der Waals surface area contributed by atoms with Crippen LogP contribution in [0.25, 0.3) is 0 Å². The Morgan fingerprint density at radius 1 is 1.07 bits per heavy atom. The fourth-order valence-corrected chi connectivity index (χ4v) is 2.18. The highest BCUT2D eigenvalue weighted by Crippen LogP contribution is 2.20. The van der Waals surface area contributed by atoms with Crippen LogP contribution < -0.4 is 16.0 Å². The highest BCUT2D eigenvalue weighted by atomic mass is 32.1. The van der Waals surface area contributed by atoms with Crippen molar-refractivity contribution in [3.8, 4) is 0 Å². The molecule has 8 nitrogen and oxygen atoms in total.